The van der Waals surface area contributed by atoms with Crippen LogP contribution in [0.2, 0.25) is 0 Å². The quantitative estimate of drug-likeness (QED) is 0.725. The summed E-state index contributed by atoms with van der Waals surface area (Å²) < 4.78 is 43.0. The van der Waals surface area contributed by atoms with E-state index in [0.29, 0.717) is 11.7 Å². The molecule has 1 aromatic heterocycles. The maximum absolute atomic E-state index is 10.6. The van der Waals surface area contributed by atoms with E-state index in [1.807, 2.05) is 24.3 Å². The first-order valence-corrected chi connectivity index (χ1v) is 9.88. The summed E-state index contributed by atoms with van der Waals surface area (Å²) in [5.41, 5.74) is 0.972. The van der Waals surface area contributed by atoms with Crippen LogP contribution in [0.25, 0.3) is 11.4 Å². The predicted molar refractivity (Wildman–Crippen MR) is 101 cm³/mol. The highest BCUT2D eigenvalue weighted by Gasteiger charge is 2.38. The van der Waals surface area contributed by atoms with Gasteiger partial charge in [-0.05, 0) is 62.0 Å². The van der Waals surface area contributed by atoms with E-state index in [-0.39, 0.29) is 0 Å². The second-order valence-corrected chi connectivity index (χ2v) is 7.53. The number of hydrogen-bond acceptors (Lipinski definition) is 6. The van der Waals surface area contributed by atoms with Gasteiger partial charge in [0.1, 0.15) is 5.75 Å². The molecular weight excluding hydrogens is 403 g/mol. The lowest BCUT2D eigenvalue weighted by Crippen LogP contribution is -2.43. The van der Waals surface area contributed by atoms with Crippen LogP contribution in [-0.2, 0) is 11.2 Å². The molecule has 0 atom stereocenters. The minimum absolute atomic E-state index is 0.634. The zero-order valence-corrected chi connectivity index (χ0v) is 16.3. The van der Waals surface area contributed by atoms with E-state index in [0.717, 1.165) is 49.2 Å². The average Bonchev–Trinajstić information content (AvgIpc) is 3.35. The van der Waals surface area contributed by atoms with Gasteiger partial charge >= 0.3 is 12.1 Å². The molecule has 1 aliphatic heterocycles. The summed E-state index contributed by atoms with van der Waals surface area (Å²) in [5, 5.41) is 14.5. The van der Waals surface area contributed by atoms with Gasteiger partial charge < -0.3 is 19.7 Å². The normalized spacial score (nSPS) is 17.2. The molecule has 2 heterocycles. The lowest BCUT2D eigenvalue weighted by molar-refractivity contribution is -0.192. The summed E-state index contributed by atoms with van der Waals surface area (Å²) in [6, 6.07) is 8.00. The number of nitrogens with one attached hydrogen (secondary N) is 1. The number of aliphatic carboxylic acids is 1. The average molecular weight is 427 g/mol. The van der Waals surface area contributed by atoms with Crippen molar-refractivity contribution in [1.29, 1.82) is 0 Å². The Balaban J connectivity index is 0.000000318. The van der Waals surface area contributed by atoms with Crippen LogP contribution in [0.4, 0.5) is 13.2 Å². The van der Waals surface area contributed by atoms with Crippen molar-refractivity contribution in [2.24, 2.45) is 11.8 Å². The number of rotatable bonds is 6. The fourth-order valence-corrected chi connectivity index (χ4v) is 3.29. The van der Waals surface area contributed by atoms with Gasteiger partial charge in [0.15, 0.2) is 0 Å². The number of halogens is 3. The number of aromatic nitrogens is 2. The number of benzene rings is 1. The maximum atomic E-state index is 10.6. The molecule has 2 N–H and O–H groups in total. The highest BCUT2D eigenvalue weighted by atomic mass is 19.4. The summed E-state index contributed by atoms with van der Waals surface area (Å²) in [5.74, 6) is 0.921. The number of alkyl halides is 3. The number of nitrogens with zero attached hydrogens (tertiary/aromatic N) is 2. The van der Waals surface area contributed by atoms with Crippen molar-refractivity contribution in [3.63, 3.8) is 0 Å². The largest absolute Gasteiger partial charge is 0.493 e. The first kappa shape index (κ1) is 22.1. The molecule has 4 rings (SSSR count). The molecule has 0 bridgehead atoms. The highest BCUT2D eigenvalue weighted by molar-refractivity contribution is 5.73. The number of carboxylic acid groups (broad SMARTS) is 1. The smallest absolute Gasteiger partial charge is 0.490 e. The van der Waals surface area contributed by atoms with Crippen LogP contribution in [0.3, 0.4) is 0 Å². The van der Waals surface area contributed by atoms with Gasteiger partial charge in [0.25, 0.3) is 0 Å². The van der Waals surface area contributed by atoms with Crippen LogP contribution in [0.5, 0.6) is 5.75 Å². The summed E-state index contributed by atoms with van der Waals surface area (Å²) in [6.07, 6.45) is 1.09. The molecule has 2 aromatic rings. The van der Waals surface area contributed by atoms with Crippen molar-refractivity contribution in [1.82, 2.24) is 15.5 Å². The Morgan fingerprint density at radius 3 is 2.33 bits per heavy atom. The molecule has 164 valence electrons. The van der Waals surface area contributed by atoms with Crippen LogP contribution in [0.15, 0.2) is 28.8 Å². The second-order valence-electron chi connectivity index (χ2n) is 7.53. The van der Waals surface area contributed by atoms with Gasteiger partial charge in [-0.1, -0.05) is 18.0 Å². The van der Waals surface area contributed by atoms with Gasteiger partial charge in [0.05, 0.1) is 6.61 Å². The lowest BCUT2D eigenvalue weighted by atomic mass is 10.00. The Morgan fingerprint density at radius 2 is 1.80 bits per heavy atom. The van der Waals surface area contributed by atoms with E-state index in [1.165, 1.54) is 25.7 Å². The zero-order valence-electron chi connectivity index (χ0n) is 16.3. The van der Waals surface area contributed by atoms with Crippen LogP contribution in [0, 0.1) is 11.8 Å². The molecule has 30 heavy (non-hydrogen) atoms. The van der Waals surface area contributed by atoms with Crippen molar-refractivity contribution in [3.8, 4) is 17.1 Å². The van der Waals surface area contributed by atoms with Crippen LogP contribution in [0.1, 0.15) is 31.6 Å². The summed E-state index contributed by atoms with van der Waals surface area (Å²) in [7, 11) is 0. The van der Waals surface area contributed by atoms with Crippen molar-refractivity contribution in [2.75, 3.05) is 19.7 Å². The van der Waals surface area contributed by atoms with E-state index < -0.39 is 12.1 Å². The topological polar surface area (TPSA) is 97.5 Å². The Morgan fingerprint density at radius 1 is 1.17 bits per heavy atom. The Hall–Kier alpha value is -2.62. The van der Waals surface area contributed by atoms with Crippen molar-refractivity contribution >= 4 is 5.97 Å². The van der Waals surface area contributed by atoms with Gasteiger partial charge in [-0.3, -0.25) is 0 Å². The molecule has 0 radical (unpaired) electrons. The van der Waals surface area contributed by atoms with Gasteiger partial charge in [-0.2, -0.15) is 18.2 Å². The monoisotopic (exact) mass is 427 g/mol. The molecule has 1 aromatic carbocycles. The number of carboxylic acids is 1. The van der Waals surface area contributed by atoms with Crippen molar-refractivity contribution < 1.29 is 32.3 Å². The Kier molecular flexibility index (Phi) is 7.30. The molecule has 0 spiro atoms. The standard InChI is InChI=1S/C18H23N3O2.C2HF3O2/c1-2-4-13(3-1)12-22-16-7-5-15(6-8-16)18-20-17(23-21-18)9-14-10-19-11-14;3-2(4,5)1(6)7/h5-8,13-14,19H,1-4,9-12H2;(H,6,7). The molecule has 2 fully saturated rings. The number of hydrogen-bond donors (Lipinski definition) is 2. The van der Waals surface area contributed by atoms with E-state index in [1.54, 1.807) is 0 Å². The Labute approximate surface area is 171 Å². The number of carbonyl (C=O) groups is 1. The summed E-state index contributed by atoms with van der Waals surface area (Å²) in [4.78, 5) is 13.4. The molecule has 1 saturated heterocycles. The van der Waals surface area contributed by atoms with Crippen LogP contribution >= 0.6 is 0 Å². The maximum Gasteiger partial charge on any atom is 0.490 e. The van der Waals surface area contributed by atoms with Gasteiger partial charge in [-0.25, -0.2) is 4.79 Å². The van der Waals surface area contributed by atoms with E-state index in [2.05, 4.69) is 15.5 Å². The van der Waals surface area contributed by atoms with Gasteiger partial charge in [0.2, 0.25) is 11.7 Å². The minimum atomic E-state index is -5.08. The van der Waals surface area contributed by atoms with Gasteiger partial charge in [0, 0.05) is 12.0 Å². The van der Waals surface area contributed by atoms with E-state index in [4.69, 9.17) is 19.2 Å². The predicted octanol–water partition coefficient (Wildman–Crippen LogP) is 3.70. The second kappa shape index (κ2) is 9.92. The third kappa shape index (κ3) is 6.45. The fraction of sp³-hybridized carbons (Fsp3) is 0.550. The molecular formula is C20H24F3N3O4. The molecule has 7 nitrogen and oxygen atoms in total. The minimum Gasteiger partial charge on any atom is -0.493 e. The fourth-order valence-electron chi connectivity index (χ4n) is 3.29. The van der Waals surface area contributed by atoms with Crippen molar-refractivity contribution in [2.45, 2.75) is 38.3 Å². The first-order valence-electron chi connectivity index (χ1n) is 9.88. The van der Waals surface area contributed by atoms with Crippen LogP contribution in [-0.4, -0.2) is 47.1 Å². The van der Waals surface area contributed by atoms with Crippen molar-refractivity contribution in [3.05, 3.63) is 30.2 Å². The first-order chi connectivity index (χ1) is 14.3. The van der Waals surface area contributed by atoms with Gasteiger partial charge in [-0.15, -0.1) is 0 Å². The van der Waals surface area contributed by atoms with Crippen LogP contribution < -0.4 is 10.1 Å². The zero-order chi connectivity index (χ0) is 21.6. The third-order valence-corrected chi connectivity index (χ3v) is 5.11. The third-order valence-electron chi connectivity index (χ3n) is 5.11. The molecule has 1 saturated carbocycles. The molecule has 2 aliphatic rings. The summed E-state index contributed by atoms with van der Waals surface area (Å²) >= 11 is 0. The van der Waals surface area contributed by atoms with E-state index in [9.17, 15) is 13.2 Å². The lowest BCUT2D eigenvalue weighted by Gasteiger charge is -2.25. The molecule has 0 amide bonds. The number of ether oxygens (including phenoxy) is 1. The SMILES string of the molecule is O=C(O)C(F)(F)F.c1cc(-c2noc(CC3CNC3)n2)ccc1OCC1CCCC1. The summed E-state index contributed by atoms with van der Waals surface area (Å²) in [6.45, 7) is 2.93. The molecule has 0 unspecified atom stereocenters. The Bertz CT molecular complexity index is 813. The molecule has 1 aliphatic carbocycles. The molecule has 10 heteroatoms. The van der Waals surface area contributed by atoms with E-state index >= 15 is 0 Å². The highest BCUT2D eigenvalue weighted by Crippen LogP contribution is 2.26.